The lowest BCUT2D eigenvalue weighted by atomic mass is 10.1. The number of aliphatic hydroxyl groups excluding tert-OH is 1. The topological polar surface area (TPSA) is 75.6 Å². The van der Waals surface area contributed by atoms with Gasteiger partial charge in [0.15, 0.2) is 0 Å². The summed E-state index contributed by atoms with van der Waals surface area (Å²) < 4.78 is 32.2. The smallest absolute Gasteiger partial charge is 0.241 e. The molecule has 1 saturated heterocycles. The van der Waals surface area contributed by atoms with Crippen LogP contribution in [0.15, 0.2) is 23.1 Å². The maximum atomic E-state index is 12.2. The third-order valence-corrected chi connectivity index (χ3v) is 4.77. The number of rotatable bonds is 4. The summed E-state index contributed by atoms with van der Waals surface area (Å²) in [5, 5.41) is 9.16. The van der Waals surface area contributed by atoms with Crippen molar-refractivity contribution in [2.75, 3.05) is 13.2 Å². The molecule has 0 radical (unpaired) electrons. The average molecular weight is 271 g/mol. The van der Waals surface area contributed by atoms with Gasteiger partial charge in [0, 0.05) is 12.6 Å². The van der Waals surface area contributed by atoms with Crippen molar-refractivity contribution in [1.29, 1.82) is 0 Å². The van der Waals surface area contributed by atoms with Crippen molar-refractivity contribution in [1.82, 2.24) is 4.72 Å². The molecule has 0 saturated carbocycles. The zero-order valence-electron chi connectivity index (χ0n) is 10.2. The summed E-state index contributed by atoms with van der Waals surface area (Å²) in [4.78, 5) is 0.223. The number of aliphatic hydroxyl groups is 1. The van der Waals surface area contributed by atoms with Gasteiger partial charge < -0.3 is 9.84 Å². The molecule has 0 aromatic heterocycles. The predicted molar refractivity (Wildman–Crippen MR) is 66.6 cm³/mol. The van der Waals surface area contributed by atoms with E-state index in [1.54, 1.807) is 25.1 Å². The normalized spacial score (nSPS) is 20.2. The van der Waals surface area contributed by atoms with E-state index in [2.05, 4.69) is 4.72 Å². The monoisotopic (exact) mass is 271 g/mol. The maximum absolute atomic E-state index is 12.2. The summed E-state index contributed by atoms with van der Waals surface area (Å²) in [5.41, 5.74) is 1.21. The highest BCUT2D eigenvalue weighted by Gasteiger charge is 2.25. The Morgan fingerprint density at radius 1 is 1.50 bits per heavy atom. The Bertz CT molecular complexity index is 521. The van der Waals surface area contributed by atoms with Crippen molar-refractivity contribution in [3.63, 3.8) is 0 Å². The van der Waals surface area contributed by atoms with E-state index in [-0.39, 0.29) is 17.5 Å². The van der Waals surface area contributed by atoms with Crippen LogP contribution in [-0.2, 0) is 21.4 Å². The lowest BCUT2D eigenvalue weighted by Gasteiger charge is -2.14. The first kappa shape index (κ1) is 13.5. The van der Waals surface area contributed by atoms with Crippen LogP contribution in [0, 0.1) is 6.92 Å². The molecule has 1 aromatic carbocycles. The van der Waals surface area contributed by atoms with Crippen LogP contribution in [0.5, 0.6) is 0 Å². The second-order valence-corrected chi connectivity index (χ2v) is 6.06. The van der Waals surface area contributed by atoms with Crippen molar-refractivity contribution in [2.24, 2.45) is 0 Å². The van der Waals surface area contributed by atoms with Crippen LogP contribution >= 0.6 is 0 Å². The van der Waals surface area contributed by atoms with Gasteiger partial charge in [-0.05, 0) is 30.5 Å². The maximum Gasteiger partial charge on any atom is 0.241 e. The van der Waals surface area contributed by atoms with Crippen LogP contribution in [0.4, 0.5) is 0 Å². The molecule has 1 fully saturated rings. The molecule has 5 nitrogen and oxygen atoms in total. The van der Waals surface area contributed by atoms with Crippen molar-refractivity contribution in [3.8, 4) is 0 Å². The minimum absolute atomic E-state index is 0.160. The number of ether oxygens (including phenoxy) is 1. The van der Waals surface area contributed by atoms with Crippen LogP contribution in [0.1, 0.15) is 17.5 Å². The first-order valence-corrected chi connectivity index (χ1v) is 7.32. The third-order valence-electron chi connectivity index (χ3n) is 3.11. The van der Waals surface area contributed by atoms with Crippen LogP contribution in [0.25, 0.3) is 0 Å². The van der Waals surface area contributed by atoms with Gasteiger partial charge in [0.05, 0.1) is 18.1 Å². The van der Waals surface area contributed by atoms with Crippen molar-refractivity contribution >= 4 is 10.0 Å². The molecule has 1 aliphatic rings. The summed E-state index contributed by atoms with van der Waals surface area (Å²) in [6, 6.07) is 4.74. The molecular formula is C12H17NO4S. The Morgan fingerprint density at radius 2 is 2.28 bits per heavy atom. The molecule has 1 aromatic rings. The molecule has 100 valence electrons. The average Bonchev–Trinajstić information content (AvgIpc) is 2.81. The summed E-state index contributed by atoms with van der Waals surface area (Å²) in [6.07, 6.45) is 0.692. The van der Waals surface area contributed by atoms with E-state index < -0.39 is 10.0 Å². The van der Waals surface area contributed by atoms with Crippen molar-refractivity contribution < 1.29 is 18.3 Å². The molecular weight excluding hydrogens is 254 g/mol. The fraction of sp³-hybridized carbons (Fsp3) is 0.500. The summed E-state index contributed by atoms with van der Waals surface area (Å²) in [7, 11) is -3.55. The van der Waals surface area contributed by atoms with E-state index in [0.29, 0.717) is 30.8 Å². The molecule has 6 heteroatoms. The number of nitrogens with one attached hydrogen (secondary N) is 1. The summed E-state index contributed by atoms with van der Waals surface area (Å²) >= 11 is 0. The van der Waals surface area contributed by atoms with Gasteiger partial charge in [0.1, 0.15) is 0 Å². The molecule has 0 aliphatic carbocycles. The Hall–Kier alpha value is -0.950. The molecule has 0 spiro atoms. The predicted octanol–water partition coefficient (Wildman–Crippen LogP) is 0.555. The summed E-state index contributed by atoms with van der Waals surface area (Å²) in [5.74, 6) is 0. The zero-order chi connectivity index (χ0) is 13.2. The number of benzene rings is 1. The second kappa shape index (κ2) is 5.36. The first-order valence-electron chi connectivity index (χ1n) is 5.84. The van der Waals surface area contributed by atoms with E-state index in [9.17, 15) is 8.42 Å². The number of sulfonamides is 1. The van der Waals surface area contributed by atoms with Crippen LogP contribution in [0.3, 0.4) is 0 Å². The van der Waals surface area contributed by atoms with E-state index in [1.165, 1.54) is 0 Å². The van der Waals surface area contributed by atoms with Gasteiger partial charge in [-0.1, -0.05) is 12.1 Å². The molecule has 0 bridgehead atoms. The third kappa shape index (κ3) is 2.72. The number of hydrogen-bond acceptors (Lipinski definition) is 4. The van der Waals surface area contributed by atoms with Crippen LogP contribution < -0.4 is 4.72 Å². The Labute approximate surface area is 107 Å². The highest BCUT2D eigenvalue weighted by molar-refractivity contribution is 7.89. The molecule has 1 heterocycles. The molecule has 1 aliphatic heterocycles. The molecule has 0 amide bonds. The van der Waals surface area contributed by atoms with Gasteiger partial charge in [-0.2, -0.15) is 0 Å². The van der Waals surface area contributed by atoms with Crippen LogP contribution in [-0.4, -0.2) is 32.8 Å². The fourth-order valence-corrected chi connectivity index (χ4v) is 3.58. The zero-order valence-corrected chi connectivity index (χ0v) is 11.0. The lowest BCUT2D eigenvalue weighted by Crippen LogP contribution is -2.35. The first-order chi connectivity index (χ1) is 8.54. The largest absolute Gasteiger partial charge is 0.392 e. The van der Waals surface area contributed by atoms with Gasteiger partial charge in [-0.15, -0.1) is 0 Å². The summed E-state index contributed by atoms with van der Waals surface area (Å²) in [6.45, 7) is 2.54. The van der Waals surface area contributed by atoms with E-state index in [0.717, 1.165) is 0 Å². The highest BCUT2D eigenvalue weighted by atomic mass is 32.2. The quantitative estimate of drug-likeness (QED) is 0.839. The standard InChI is InChI=1S/C12H17NO4S/c1-9-10(7-14)3-2-4-12(9)18(15,16)13-11-5-6-17-8-11/h2-4,11,13-14H,5-8H2,1H3. The van der Waals surface area contributed by atoms with E-state index in [1.807, 2.05) is 0 Å². The molecule has 2 N–H and O–H groups in total. The SMILES string of the molecule is Cc1c(CO)cccc1S(=O)(=O)NC1CCOC1. The minimum Gasteiger partial charge on any atom is -0.392 e. The molecule has 18 heavy (non-hydrogen) atoms. The van der Waals surface area contributed by atoms with Crippen molar-refractivity contribution in [2.45, 2.75) is 30.9 Å². The molecule has 1 atom stereocenters. The number of hydrogen-bond donors (Lipinski definition) is 2. The lowest BCUT2D eigenvalue weighted by molar-refractivity contribution is 0.192. The Balaban J connectivity index is 2.29. The van der Waals surface area contributed by atoms with Crippen molar-refractivity contribution in [3.05, 3.63) is 29.3 Å². The van der Waals surface area contributed by atoms with Gasteiger partial charge in [-0.3, -0.25) is 0 Å². The van der Waals surface area contributed by atoms with Gasteiger partial charge >= 0.3 is 0 Å². The Morgan fingerprint density at radius 3 is 2.89 bits per heavy atom. The van der Waals surface area contributed by atoms with Crippen LogP contribution in [0.2, 0.25) is 0 Å². The minimum atomic E-state index is -3.55. The van der Waals surface area contributed by atoms with Gasteiger partial charge in [0.25, 0.3) is 0 Å². The van der Waals surface area contributed by atoms with Gasteiger partial charge in [-0.25, -0.2) is 13.1 Å². The molecule has 2 rings (SSSR count). The Kier molecular flexibility index (Phi) is 4.01. The van der Waals surface area contributed by atoms with E-state index >= 15 is 0 Å². The van der Waals surface area contributed by atoms with Gasteiger partial charge in [0.2, 0.25) is 10.0 Å². The molecule has 1 unspecified atom stereocenters. The highest BCUT2D eigenvalue weighted by Crippen LogP contribution is 2.20. The fourth-order valence-electron chi connectivity index (χ4n) is 2.03. The second-order valence-electron chi connectivity index (χ2n) is 4.38. The van der Waals surface area contributed by atoms with E-state index in [4.69, 9.17) is 9.84 Å².